The zero-order valence-corrected chi connectivity index (χ0v) is 16.8. The van der Waals surface area contributed by atoms with Gasteiger partial charge in [0.05, 0.1) is 23.0 Å². The second-order valence-electron chi connectivity index (χ2n) is 6.90. The van der Waals surface area contributed by atoms with Gasteiger partial charge < -0.3 is 4.98 Å². The van der Waals surface area contributed by atoms with Crippen LogP contribution in [0.15, 0.2) is 70.8 Å². The topological polar surface area (TPSA) is 57.8 Å². The Morgan fingerprint density at radius 3 is 2.57 bits per heavy atom. The molecule has 0 fully saturated rings. The first-order valence-corrected chi connectivity index (χ1v) is 10.4. The van der Waals surface area contributed by atoms with E-state index in [1.807, 2.05) is 25.1 Å². The standard InChI is InChI=1S/C23H23N3OS/c1-3-16-10-12-17(13-11-16)21(20-9-6-14-28-20)24-15(2)22-25-19-8-5-4-7-18(19)23(27)26-22/h4-15,21,24H,3H2,1-2H3,(H,25,26,27)/t15-,21+/m0/s1. The van der Waals surface area contributed by atoms with Crippen molar-refractivity contribution >= 4 is 22.2 Å². The van der Waals surface area contributed by atoms with Gasteiger partial charge in [-0.3, -0.25) is 10.1 Å². The second kappa shape index (κ2) is 8.09. The monoisotopic (exact) mass is 389 g/mol. The van der Waals surface area contributed by atoms with Gasteiger partial charge in [-0.15, -0.1) is 11.3 Å². The lowest BCUT2D eigenvalue weighted by Gasteiger charge is -2.23. The third-order valence-corrected chi connectivity index (χ3v) is 5.94. The van der Waals surface area contributed by atoms with Gasteiger partial charge in [-0.05, 0) is 48.1 Å². The Labute approximate surface area is 168 Å². The van der Waals surface area contributed by atoms with Crippen LogP contribution in [0.5, 0.6) is 0 Å². The molecule has 0 aliphatic heterocycles. The maximum absolute atomic E-state index is 12.4. The lowest BCUT2D eigenvalue weighted by Crippen LogP contribution is -2.28. The predicted octanol–water partition coefficient (Wildman–Crippen LogP) is 4.99. The van der Waals surface area contributed by atoms with Gasteiger partial charge in [0.1, 0.15) is 5.82 Å². The molecule has 0 radical (unpaired) electrons. The van der Waals surface area contributed by atoms with Crippen LogP contribution in [0.25, 0.3) is 10.9 Å². The fourth-order valence-electron chi connectivity index (χ4n) is 3.38. The number of para-hydroxylation sites is 1. The van der Waals surface area contributed by atoms with E-state index in [1.54, 1.807) is 17.4 Å². The van der Waals surface area contributed by atoms with Gasteiger partial charge in [-0.25, -0.2) is 4.98 Å². The molecule has 0 bridgehead atoms. The average Bonchev–Trinajstić information content (AvgIpc) is 3.26. The molecule has 142 valence electrons. The number of aryl methyl sites for hydroxylation is 1. The molecule has 2 aromatic heterocycles. The van der Waals surface area contributed by atoms with E-state index < -0.39 is 0 Å². The minimum atomic E-state index is -0.116. The lowest BCUT2D eigenvalue weighted by molar-refractivity contribution is 0.500. The van der Waals surface area contributed by atoms with Gasteiger partial charge in [-0.1, -0.05) is 49.4 Å². The number of hydrogen-bond donors (Lipinski definition) is 2. The Morgan fingerprint density at radius 2 is 1.86 bits per heavy atom. The second-order valence-corrected chi connectivity index (χ2v) is 7.88. The molecule has 2 aromatic carbocycles. The minimum absolute atomic E-state index is 0.0395. The third kappa shape index (κ3) is 3.77. The molecule has 2 atom stereocenters. The van der Waals surface area contributed by atoms with Crippen molar-refractivity contribution in [3.8, 4) is 0 Å². The number of rotatable bonds is 6. The van der Waals surface area contributed by atoms with Crippen molar-refractivity contribution in [2.45, 2.75) is 32.4 Å². The lowest BCUT2D eigenvalue weighted by atomic mass is 10.0. The number of nitrogens with zero attached hydrogens (tertiary/aromatic N) is 1. The summed E-state index contributed by atoms with van der Waals surface area (Å²) in [6, 6.07) is 20.3. The Kier molecular flexibility index (Phi) is 5.37. The van der Waals surface area contributed by atoms with Crippen molar-refractivity contribution in [2.24, 2.45) is 0 Å². The maximum atomic E-state index is 12.4. The summed E-state index contributed by atoms with van der Waals surface area (Å²) >= 11 is 1.72. The van der Waals surface area contributed by atoms with Crippen molar-refractivity contribution in [1.82, 2.24) is 15.3 Å². The van der Waals surface area contributed by atoms with Crippen LogP contribution in [0.4, 0.5) is 0 Å². The van der Waals surface area contributed by atoms with Gasteiger partial charge in [-0.2, -0.15) is 0 Å². The maximum Gasteiger partial charge on any atom is 0.258 e. The number of benzene rings is 2. The van der Waals surface area contributed by atoms with Gasteiger partial charge >= 0.3 is 0 Å². The summed E-state index contributed by atoms with van der Waals surface area (Å²) in [7, 11) is 0. The van der Waals surface area contributed by atoms with Gasteiger partial charge in [0.2, 0.25) is 0 Å². The van der Waals surface area contributed by atoms with Crippen molar-refractivity contribution in [2.75, 3.05) is 0 Å². The molecule has 0 saturated carbocycles. The molecule has 0 saturated heterocycles. The molecule has 5 heteroatoms. The first-order chi connectivity index (χ1) is 13.7. The highest BCUT2D eigenvalue weighted by atomic mass is 32.1. The molecule has 2 N–H and O–H groups in total. The highest BCUT2D eigenvalue weighted by Gasteiger charge is 2.20. The van der Waals surface area contributed by atoms with Crippen LogP contribution < -0.4 is 10.9 Å². The SMILES string of the molecule is CCc1ccc([C@@H](N[C@@H](C)c2nc3ccccc3c(=O)[nH]2)c2cccs2)cc1. The number of aromatic nitrogens is 2. The zero-order chi connectivity index (χ0) is 19.5. The number of fused-ring (bicyclic) bond motifs is 1. The fraction of sp³-hybridized carbons (Fsp3) is 0.217. The van der Waals surface area contributed by atoms with Crippen molar-refractivity contribution < 1.29 is 0 Å². The van der Waals surface area contributed by atoms with E-state index in [0.717, 1.165) is 11.9 Å². The highest BCUT2D eigenvalue weighted by Crippen LogP contribution is 2.29. The number of aromatic amines is 1. The van der Waals surface area contributed by atoms with Gasteiger partial charge in [0.15, 0.2) is 0 Å². The molecule has 4 aromatic rings. The first kappa shape index (κ1) is 18.6. The molecular formula is C23H23N3OS. The van der Waals surface area contributed by atoms with Crippen LogP contribution in [-0.4, -0.2) is 9.97 Å². The Bertz CT molecular complexity index is 1120. The largest absolute Gasteiger partial charge is 0.309 e. The molecule has 2 heterocycles. The summed E-state index contributed by atoms with van der Waals surface area (Å²) < 4.78 is 0. The molecular weight excluding hydrogens is 366 g/mol. The number of H-pyrrole nitrogens is 1. The molecule has 0 spiro atoms. The van der Waals surface area contributed by atoms with E-state index in [-0.39, 0.29) is 17.6 Å². The smallest absolute Gasteiger partial charge is 0.258 e. The van der Waals surface area contributed by atoms with Crippen molar-refractivity contribution in [3.05, 3.63) is 98.2 Å². The van der Waals surface area contributed by atoms with Crippen molar-refractivity contribution in [3.63, 3.8) is 0 Å². The van der Waals surface area contributed by atoms with Crippen molar-refractivity contribution in [1.29, 1.82) is 0 Å². The van der Waals surface area contributed by atoms with E-state index in [9.17, 15) is 4.79 Å². The van der Waals surface area contributed by atoms with Gasteiger partial charge in [0.25, 0.3) is 5.56 Å². The number of hydrogen-bond acceptors (Lipinski definition) is 4. The Morgan fingerprint density at radius 1 is 1.07 bits per heavy atom. The molecule has 0 aliphatic rings. The molecule has 0 unspecified atom stereocenters. The number of thiophene rings is 1. The van der Waals surface area contributed by atoms with E-state index >= 15 is 0 Å². The van der Waals surface area contributed by atoms with Crippen LogP contribution in [0.2, 0.25) is 0 Å². The molecule has 0 aliphatic carbocycles. The van der Waals surface area contributed by atoms with Crippen LogP contribution >= 0.6 is 11.3 Å². The van der Waals surface area contributed by atoms with E-state index in [4.69, 9.17) is 0 Å². The average molecular weight is 390 g/mol. The molecule has 4 rings (SSSR count). The van der Waals surface area contributed by atoms with Crippen LogP contribution in [-0.2, 0) is 6.42 Å². The van der Waals surface area contributed by atoms with E-state index in [0.29, 0.717) is 11.2 Å². The highest BCUT2D eigenvalue weighted by molar-refractivity contribution is 7.10. The first-order valence-electron chi connectivity index (χ1n) is 9.53. The molecule has 28 heavy (non-hydrogen) atoms. The summed E-state index contributed by atoms with van der Waals surface area (Å²) in [5.74, 6) is 0.649. The van der Waals surface area contributed by atoms with Gasteiger partial charge in [0, 0.05) is 4.88 Å². The summed E-state index contributed by atoms with van der Waals surface area (Å²) in [5.41, 5.74) is 3.14. The third-order valence-electron chi connectivity index (χ3n) is 5.01. The van der Waals surface area contributed by atoms with E-state index in [2.05, 4.69) is 64.0 Å². The molecule has 4 nitrogen and oxygen atoms in total. The van der Waals surface area contributed by atoms with Crippen LogP contribution in [0, 0.1) is 0 Å². The fourth-order valence-corrected chi connectivity index (χ4v) is 4.19. The molecule has 0 amide bonds. The quantitative estimate of drug-likeness (QED) is 0.489. The predicted molar refractivity (Wildman–Crippen MR) is 116 cm³/mol. The summed E-state index contributed by atoms with van der Waals surface area (Å²) in [5, 5.41) is 6.36. The number of nitrogens with one attached hydrogen (secondary N) is 2. The van der Waals surface area contributed by atoms with Crippen LogP contribution in [0.1, 0.15) is 47.8 Å². The van der Waals surface area contributed by atoms with E-state index in [1.165, 1.54) is 16.0 Å². The Hall–Kier alpha value is -2.76. The summed E-state index contributed by atoms with van der Waals surface area (Å²) in [6.45, 7) is 4.20. The minimum Gasteiger partial charge on any atom is -0.309 e. The summed E-state index contributed by atoms with van der Waals surface area (Å²) in [6.07, 6.45) is 1.02. The van der Waals surface area contributed by atoms with Crippen LogP contribution in [0.3, 0.4) is 0 Å². The summed E-state index contributed by atoms with van der Waals surface area (Å²) in [4.78, 5) is 21.3. The zero-order valence-electron chi connectivity index (χ0n) is 16.0. The normalized spacial score (nSPS) is 13.5. The Balaban J connectivity index is 1.67.